The molecule has 2 N–H and O–H groups in total. The van der Waals surface area contributed by atoms with E-state index in [1.54, 1.807) is 11.0 Å². The highest BCUT2D eigenvalue weighted by atomic mass is 32.1. The van der Waals surface area contributed by atoms with Gasteiger partial charge in [0.15, 0.2) is 0 Å². The van der Waals surface area contributed by atoms with E-state index in [1.165, 1.54) is 36.5 Å². The van der Waals surface area contributed by atoms with Crippen LogP contribution in [0, 0.1) is 0 Å². The van der Waals surface area contributed by atoms with Crippen molar-refractivity contribution >= 4 is 23.2 Å². The average molecular weight is 436 g/mol. The van der Waals surface area contributed by atoms with Gasteiger partial charge in [0.05, 0.1) is 6.04 Å². The number of amides is 1. The maximum Gasteiger partial charge on any atom is 0.365 e. The minimum Gasteiger partial charge on any atom is -0.476 e. The van der Waals surface area contributed by atoms with Crippen LogP contribution in [0.2, 0.25) is 0 Å². The van der Waals surface area contributed by atoms with Crippen molar-refractivity contribution in [1.29, 1.82) is 0 Å². The van der Waals surface area contributed by atoms with E-state index in [0.29, 0.717) is 32.2 Å². The van der Waals surface area contributed by atoms with Crippen molar-refractivity contribution in [3.63, 3.8) is 0 Å². The Morgan fingerprint density at radius 3 is 2.77 bits per heavy atom. The summed E-state index contributed by atoms with van der Waals surface area (Å²) in [5, 5.41) is 19.0. The molecule has 2 aromatic rings. The Labute approximate surface area is 176 Å². The van der Waals surface area contributed by atoms with Crippen LogP contribution in [0.4, 0.5) is 8.78 Å². The van der Waals surface area contributed by atoms with Gasteiger partial charge in [0.1, 0.15) is 6.10 Å². The van der Waals surface area contributed by atoms with E-state index in [2.05, 4.69) is 4.98 Å². The van der Waals surface area contributed by atoms with E-state index in [4.69, 9.17) is 5.11 Å². The van der Waals surface area contributed by atoms with Crippen LogP contribution in [0.25, 0.3) is 0 Å². The molecule has 0 aliphatic carbocycles. The fourth-order valence-corrected chi connectivity index (χ4v) is 4.17. The molecule has 2 atom stereocenters. The molecule has 1 aliphatic rings. The Hall–Kier alpha value is -2.65. The van der Waals surface area contributed by atoms with Gasteiger partial charge in [-0.3, -0.25) is 4.79 Å². The Balaban J connectivity index is 1.58. The molecule has 1 aromatic heterocycles. The molecule has 1 unspecified atom stereocenters. The average Bonchev–Trinajstić information content (AvgIpc) is 3.34. The normalized spacial score (nSPS) is 18.3. The summed E-state index contributed by atoms with van der Waals surface area (Å²) in [5.74, 6) is -4.57. The first-order valence-electron chi connectivity index (χ1n) is 9.56. The highest BCUT2D eigenvalue weighted by molar-refractivity contribution is 7.13. The molecule has 3 rings (SSSR count). The van der Waals surface area contributed by atoms with Gasteiger partial charge >= 0.3 is 11.9 Å². The van der Waals surface area contributed by atoms with Crippen LogP contribution in [0.1, 0.15) is 39.5 Å². The van der Waals surface area contributed by atoms with E-state index >= 15 is 0 Å². The molecule has 0 bridgehead atoms. The Bertz CT molecular complexity index is 917. The van der Waals surface area contributed by atoms with Crippen LogP contribution >= 0.6 is 11.3 Å². The molecule has 160 valence electrons. The minimum absolute atomic E-state index is 0.0244. The number of carboxylic acid groups (broad SMARTS) is 1. The van der Waals surface area contributed by atoms with Gasteiger partial charge in [0, 0.05) is 29.6 Å². The van der Waals surface area contributed by atoms with Gasteiger partial charge in [-0.05, 0) is 19.3 Å². The number of aromatic nitrogens is 1. The number of hydrogen-bond acceptors (Lipinski definition) is 5. The molecular formula is C21H22F2N2O4S. The lowest BCUT2D eigenvalue weighted by Crippen LogP contribution is -2.34. The number of rotatable bonds is 9. The molecule has 1 fully saturated rings. The molecule has 0 spiro atoms. The number of likely N-dealkylation sites (tertiary alicyclic amines) is 1. The highest BCUT2D eigenvalue weighted by Crippen LogP contribution is 2.32. The molecule has 1 saturated heterocycles. The first kappa shape index (κ1) is 22.0. The first-order chi connectivity index (χ1) is 14.3. The van der Waals surface area contributed by atoms with E-state index in [0.717, 1.165) is 22.3 Å². The number of hydrogen-bond donors (Lipinski definition) is 2. The largest absolute Gasteiger partial charge is 0.476 e. The predicted octanol–water partition coefficient (Wildman–Crippen LogP) is 3.47. The van der Waals surface area contributed by atoms with Crippen molar-refractivity contribution in [1.82, 2.24) is 9.88 Å². The van der Waals surface area contributed by atoms with Crippen molar-refractivity contribution in [2.45, 2.75) is 43.8 Å². The van der Waals surface area contributed by atoms with E-state index in [-0.39, 0.29) is 22.5 Å². The Kier molecular flexibility index (Phi) is 6.94. The maximum atomic E-state index is 14.4. The molecule has 0 radical (unpaired) electrons. The summed E-state index contributed by atoms with van der Waals surface area (Å²) in [6, 6.07) is 6.77. The molecule has 6 nitrogen and oxygen atoms in total. The summed E-state index contributed by atoms with van der Waals surface area (Å²) in [6.07, 6.45) is 4.04. The molecule has 1 aromatic carbocycles. The molecule has 0 saturated carbocycles. The van der Waals surface area contributed by atoms with Crippen molar-refractivity contribution in [3.8, 4) is 0 Å². The van der Waals surface area contributed by atoms with Crippen LogP contribution in [0.15, 0.2) is 48.7 Å². The zero-order chi connectivity index (χ0) is 21.7. The fourth-order valence-electron chi connectivity index (χ4n) is 3.38. The van der Waals surface area contributed by atoms with Gasteiger partial charge < -0.3 is 15.1 Å². The number of aliphatic hydroxyl groups excluding tert-OH is 1. The molecule has 1 amide bonds. The van der Waals surface area contributed by atoms with Crippen LogP contribution in [0.5, 0.6) is 0 Å². The summed E-state index contributed by atoms with van der Waals surface area (Å²) in [5.41, 5.74) is -0.271. The van der Waals surface area contributed by atoms with Crippen LogP contribution < -0.4 is 0 Å². The zero-order valence-electron chi connectivity index (χ0n) is 16.1. The summed E-state index contributed by atoms with van der Waals surface area (Å²) >= 11 is 1.10. The SMILES string of the molecule is O=C(O)c1ncc(CCCN2C(=O)CC[C@@H]2/C=C/C(O)C(F)(F)c2ccccc2)s1. The zero-order valence-corrected chi connectivity index (χ0v) is 16.9. The number of carboxylic acids is 1. The second kappa shape index (κ2) is 9.44. The number of alkyl halides is 2. The second-order valence-corrected chi connectivity index (χ2v) is 8.17. The van der Waals surface area contributed by atoms with Gasteiger partial charge in [-0.25, -0.2) is 9.78 Å². The number of aliphatic hydroxyl groups is 1. The number of carbonyl (C=O) groups is 2. The lowest BCUT2D eigenvalue weighted by Gasteiger charge is -2.24. The minimum atomic E-state index is -3.43. The van der Waals surface area contributed by atoms with Crippen molar-refractivity contribution < 1.29 is 28.6 Å². The molecule has 9 heteroatoms. The Morgan fingerprint density at radius 2 is 2.10 bits per heavy atom. The van der Waals surface area contributed by atoms with Gasteiger partial charge in [-0.15, -0.1) is 11.3 Å². The van der Waals surface area contributed by atoms with Gasteiger partial charge in [0.25, 0.3) is 0 Å². The molecule has 1 aliphatic heterocycles. The highest BCUT2D eigenvalue weighted by Gasteiger charge is 2.39. The van der Waals surface area contributed by atoms with Gasteiger partial charge in [0.2, 0.25) is 10.9 Å². The van der Waals surface area contributed by atoms with Gasteiger partial charge in [-0.2, -0.15) is 8.78 Å². The molecule has 30 heavy (non-hydrogen) atoms. The van der Waals surface area contributed by atoms with E-state index in [9.17, 15) is 23.5 Å². The van der Waals surface area contributed by atoms with E-state index in [1.807, 2.05) is 0 Å². The lowest BCUT2D eigenvalue weighted by molar-refractivity contribution is -0.128. The number of benzene rings is 1. The third kappa shape index (κ3) is 5.09. The number of nitrogens with zero attached hydrogens (tertiary/aromatic N) is 2. The third-order valence-corrected chi connectivity index (χ3v) is 6.02. The lowest BCUT2D eigenvalue weighted by atomic mass is 10.0. The van der Waals surface area contributed by atoms with E-state index < -0.39 is 18.0 Å². The van der Waals surface area contributed by atoms with Crippen molar-refractivity contribution in [2.75, 3.05) is 6.54 Å². The van der Waals surface area contributed by atoms with Gasteiger partial charge in [-0.1, -0.05) is 42.5 Å². The number of carbonyl (C=O) groups excluding carboxylic acids is 1. The number of aryl methyl sites for hydroxylation is 1. The molecular weight excluding hydrogens is 414 g/mol. The first-order valence-corrected chi connectivity index (χ1v) is 10.4. The quantitative estimate of drug-likeness (QED) is 0.588. The summed E-state index contributed by atoms with van der Waals surface area (Å²) in [6.45, 7) is 0.416. The summed E-state index contributed by atoms with van der Waals surface area (Å²) < 4.78 is 28.8. The number of thiazole rings is 1. The third-order valence-electron chi connectivity index (χ3n) is 4.98. The fraction of sp³-hybridized carbons (Fsp3) is 0.381. The standard InChI is InChI=1S/C21H22F2N2O4S/c22-21(23,14-5-2-1-3-6-14)17(26)10-8-15-9-11-18(27)25(15)12-4-7-16-13-24-19(30-16)20(28)29/h1-3,5-6,8,10,13,15,17,26H,4,7,9,11-12H2,(H,28,29)/b10-8+/t15-,17?/m0/s1. The summed E-state index contributed by atoms with van der Waals surface area (Å²) in [7, 11) is 0. The van der Waals surface area contributed by atoms with Crippen LogP contribution in [-0.4, -0.2) is 50.7 Å². The number of aromatic carboxylic acids is 1. The summed E-state index contributed by atoms with van der Waals surface area (Å²) in [4.78, 5) is 29.3. The predicted molar refractivity (Wildman–Crippen MR) is 108 cm³/mol. The van der Waals surface area contributed by atoms with Crippen molar-refractivity contribution in [3.05, 3.63) is 64.1 Å². The monoisotopic (exact) mass is 436 g/mol. The Morgan fingerprint density at radius 1 is 1.37 bits per heavy atom. The maximum absolute atomic E-state index is 14.4. The molecule has 2 heterocycles. The topological polar surface area (TPSA) is 90.7 Å². The van der Waals surface area contributed by atoms with Crippen LogP contribution in [-0.2, 0) is 17.1 Å². The second-order valence-electron chi connectivity index (χ2n) is 7.05. The van der Waals surface area contributed by atoms with Crippen molar-refractivity contribution in [2.24, 2.45) is 0 Å². The van der Waals surface area contributed by atoms with Crippen LogP contribution in [0.3, 0.4) is 0 Å². The smallest absolute Gasteiger partial charge is 0.365 e. The number of halogens is 2.